The maximum Gasteiger partial charge on any atom is 0.220 e. The molecule has 0 spiro atoms. The summed E-state index contributed by atoms with van der Waals surface area (Å²) in [5, 5.41) is 99.4. The summed E-state index contributed by atoms with van der Waals surface area (Å²) in [6.07, 6.45) is 19.9. The fraction of sp³-hybridized carbons (Fsp3) is 0.981. The van der Waals surface area contributed by atoms with Gasteiger partial charge < -0.3 is 65.5 Å². The van der Waals surface area contributed by atoms with Gasteiger partial charge in [0.1, 0.15) is 61.0 Å². The molecule has 1 amide bonds. The Morgan fingerprint density at radius 2 is 0.879 bits per heavy atom. The molecular weight excluding hydrogens is 847 g/mol. The first-order valence-corrected chi connectivity index (χ1v) is 27.3. The molecule has 0 aromatic rings. The Balaban J connectivity index is 1.85. The zero-order valence-electron chi connectivity index (χ0n) is 41.6. The van der Waals surface area contributed by atoms with Crippen molar-refractivity contribution in [3.05, 3.63) is 0 Å². The van der Waals surface area contributed by atoms with Gasteiger partial charge in [-0.3, -0.25) is 4.79 Å². The number of carbonyl (C=O) groups is 1. The van der Waals surface area contributed by atoms with E-state index in [1.165, 1.54) is 154 Å². The largest absolute Gasteiger partial charge is 0.394 e. The SMILES string of the molecule is CCCCCCCCCCCCCCCCCCCCCC(=O)N[C@@H](C(O)[C@@H]1O[C@H](CO)[C@@H](O[C@@H]2O[C@H](CO)[C@H](O)[C@H](O)[C@H]2O)[C@H](O)[C@H]1O)[C@H](O)CCCCCCCCCCCCCCC. The van der Waals surface area contributed by atoms with Crippen LogP contribution in [-0.4, -0.2) is 145 Å². The molecule has 14 nitrogen and oxygen atoms in total. The van der Waals surface area contributed by atoms with Crippen molar-refractivity contribution in [1.29, 1.82) is 0 Å². The predicted octanol–water partition coefficient (Wildman–Crippen LogP) is 7.16. The van der Waals surface area contributed by atoms with Crippen molar-refractivity contribution >= 4 is 5.91 Å². The van der Waals surface area contributed by atoms with Crippen molar-refractivity contribution in [3.8, 4) is 0 Å². The number of hydrogen-bond donors (Lipinski definition) is 10. The number of rotatable bonds is 42. The van der Waals surface area contributed by atoms with Gasteiger partial charge in [0.25, 0.3) is 0 Å². The van der Waals surface area contributed by atoms with Gasteiger partial charge in [0, 0.05) is 6.42 Å². The van der Waals surface area contributed by atoms with E-state index in [4.69, 9.17) is 14.2 Å². The van der Waals surface area contributed by atoms with E-state index in [-0.39, 0.29) is 18.7 Å². The second-order valence-electron chi connectivity index (χ2n) is 19.9. The average molecular weight is 948 g/mol. The van der Waals surface area contributed by atoms with Crippen LogP contribution in [0.25, 0.3) is 0 Å². The molecule has 0 radical (unpaired) electrons. The molecule has 0 bridgehead atoms. The van der Waals surface area contributed by atoms with Crippen LogP contribution in [0.2, 0.25) is 0 Å². The van der Waals surface area contributed by atoms with Gasteiger partial charge in [-0.15, -0.1) is 0 Å². The first-order valence-electron chi connectivity index (χ1n) is 27.3. The zero-order valence-corrected chi connectivity index (χ0v) is 41.6. The fourth-order valence-corrected chi connectivity index (χ4v) is 9.69. The number of hydrogen-bond acceptors (Lipinski definition) is 13. The lowest BCUT2D eigenvalue weighted by atomic mass is 9.87. The van der Waals surface area contributed by atoms with Gasteiger partial charge in [-0.1, -0.05) is 213 Å². The van der Waals surface area contributed by atoms with Crippen LogP contribution in [0.3, 0.4) is 0 Å². The van der Waals surface area contributed by atoms with Crippen molar-refractivity contribution in [3.63, 3.8) is 0 Å². The molecule has 2 saturated heterocycles. The molecule has 0 aromatic carbocycles. The summed E-state index contributed by atoms with van der Waals surface area (Å²) in [5.41, 5.74) is 0. The Bertz CT molecular complexity index is 1140. The van der Waals surface area contributed by atoms with E-state index in [0.29, 0.717) is 12.8 Å². The highest BCUT2D eigenvalue weighted by Gasteiger charge is 2.53. The third-order valence-corrected chi connectivity index (χ3v) is 14.1. The van der Waals surface area contributed by atoms with Crippen LogP contribution in [-0.2, 0) is 19.0 Å². The first kappa shape index (κ1) is 61.1. The van der Waals surface area contributed by atoms with Crippen LogP contribution in [0.1, 0.15) is 232 Å². The number of nitrogens with one attached hydrogen (secondary N) is 1. The van der Waals surface area contributed by atoms with Crippen LogP contribution in [0.5, 0.6) is 0 Å². The lowest BCUT2D eigenvalue weighted by molar-refractivity contribution is -0.345. The minimum Gasteiger partial charge on any atom is -0.394 e. The van der Waals surface area contributed by atoms with Crippen molar-refractivity contribution < 1.29 is 65.0 Å². The third kappa shape index (κ3) is 24.7. The van der Waals surface area contributed by atoms with Crippen LogP contribution >= 0.6 is 0 Å². The first-order chi connectivity index (χ1) is 32.0. The van der Waals surface area contributed by atoms with Crippen LogP contribution in [0, 0.1) is 0 Å². The summed E-state index contributed by atoms with van der Waals surface area (Å²) in [7, 11) is 0. The fourth-order valence-electron chi connectivity index (χ4n) is 9.69. The molecular formula is C52H101NO13. The normalized spacial score (nSPS) is 27.2. The van der Waals surface area contributed by atoms with Gasteiger partial charge >= 0.3 is 0 Å². The van der Waals surface area contributed by atoms with E-state index in [0.717, 1.165) is 38.5 Å². The summed E-state index contributed by atoms with van der Waals surface area (Å²) in [6, 6.07) is -1.26. The van der Waals surface area contributed by atoms with Gasteiger partial charge in [0.15, 0.2) is 6.29 Å². The number of aliphatic hydroxyl groups is 9. The Morgan fingerprint density at radius 1 is 0.485 bits per heavy atom. The molecule has 0 saturated carbocycles. The minimum absolute atomic E-state index is 0.193. The van der Waals surface area contributed by atoms with Crippen molar-refractivity contribution in [2.75, 3.05) is 13.2 Å². The molecule has 10 N–H and O–H groups in total. The number of amides is 1. The highest BCUT2D eigenvalue weighted by atomic mass is 16.7. The molecule has 13 atom stereocenters. The Labute approximate surface area is 400 Å². The molecule has 2 aliphatic heterocycles. The molecule has 392 valence electrons. The maximum absolute atomic E-state index is 13.3. The molecule has 2 fully saturated rings. The second kappa shape index (κ2) is 38.7. The topological polar surface area (TPSA) is 239 Å². The quantitative estimate of drug-likeness (QED) is 0.0274. The standard InChI is InChI=1S/C52H101NO13/c1-3-5-7-9-11-13-15-17-18-19-20-21-22-24-26-28-30-32-34-36-42(57)53-43(39(56)35-33-31-29-27-25-23-16-14-12-10-8-6-4-2)45(59)51-48(62)47(61)50(41(38-55)64-51)66-52-49(63)46(60)44(58)40(37-54)65-52/h39-41,43-52,54-56,58-63H,3-38H2,1-2H3,(H,53,57)/t39-,40-,41-,43-,44+,45?,46+,47-,48-,49-,50-,51+,52+/m1/s1. The van der Waals surface area contributed by atoms with E-state index < -0.39 is 92.7 Å². The van der Waals surface area contributed by atoms with Gasteiger partial charge in [-0.25, -0.2) is 0 Å². The number of aliphatic hydroxyl groups excluding tert-OH is 9. The molecule has 1 unspecified atom stereocenters. The van der Waals surface area contributed by atoms with E-state index in [1.807, 2.05) is 0 Å². The van der Waals surface area contributed by atoms with E-state index in [9.17, 15) is 50.8 Å². The Kier molecular flexibility index (Phi) is 35.8. The third-order valence-electron chi connectivity index (χ3n) is 14.1. The summed E-state index contributed by atoms with van der Waals surface area (Å²) in [6.45, 7) is 3.00. The van der Waals surface area contributed by atoms with Gasteiger partial charge in [0.05, 0.1) is 25.4 Å². The molecule has 0 aromatic heterocycles. The highest BCUT2D eigenvalue weighted by Crippen LogP contribution is 2.31. The molecule has 2 rings (SSSR count). The minimum atomic E-state index is -1.85. The lowest BCUT2D eigenvalue weighted by Crippen LogP contribution is -2.68. The van der Waals surface area contributed by atoms with Crippen LogP contribution in [0.15, 0.2) is 0 Å². The summed E-state index contributed by atoms with van der Waals surface area (Å²) in [5.74, 6) is -0.358. The average Bonchev–Trinajstić information content (AvgIpc) is 3.31. The van der Waals surface area contributed by atoms with E-state index in [1.54, 1.807) is 0 Å². The molecule has 66 heavy (non-hydrogen) atoms. The molecule has 2 heterocycles. The summed E-state index contributed by atoms with van der Waals surface area (Å²) < 4.78 is 17.0. The zero-order chi connectivity index (χ0) is 48.4. The monoisotopic (exact) mass is 948 g/mol. The molecule has 2 aliphatic rings. The maximum atomic E-state index is 13.3. The lowest BCUT2D eigenvalue weighted by Gasteiger charge is -2.47. The van der Waals surface area contributed by atoms with Crippen LogP contribution < -0.4 is 5.32 Å². The van der Waals surface area contributed by atoms with Crippen LogP contribution in [0.4, 0.5) is 0 Å². The predicted molar refractivity (Wildman–Crippen MR) is 259 cm³/mol. The van der Waals surface area contributed by atoms with Crippen molar-refractivity contribution in [2.45, 2.75) is 312 Å². The van der Waals surface area contributed by atoms with E-state index in [2.05, 4.69) is 19.2 Å². The Morgan fingerprint density at radius 3 is 1.29 bits per heavy atom. The molecule has 14 heteroatoms. The van der Waals surface area contributed by atoms with Gasteiger partial charge in [-0.2, -0.15) is 0 Å². The van der Waals surface area contributed by atoms with Crippen molar-refractivity contribution in [1.82, 2.24) is 5.32 Å². The summed E-state index contributed by atoms with van der Waals surface area (Å²) in [4.78, 5) is 13.3. The number of carbonyl (C=O) groups excluding carboxylic acids is 1. The second-order valence-corrected chi connectivity index (χ2v) is 19.9. The highest BCUT2D eigenvalue weighted by molar-refractivity contribution is 5.76. The van der Waals surface area contributed by atoms with E-state index >= 15 is 0 Å². The summed E-state index contributed by atoms with van der Waals surface area (Å²) >= 11 is 0. The Hall–Kier alpha value is -1.01. The van der Waals surface area contributed by atoms with Crippen molar-refractivity contribution in [2.24, 2.45) is 0 Å². The number of unbranched alkanes of at least 4 members (excludes halogenated alkanes) is 30. The molecule has 0 aliphatic carbocycles. The number of ether oxygens (including phenoxy) is 3. The smallest absolute Gasteiger partial charge is 0.220 e. The van der Waals surface area contributed by atoms with Gasteiger partial charge in [-0.05, 0) is 12.8 Å². The van der Waals surface area contributed by atoms with Gasteiger partial charge in [0.2, 0.25) is 5.91 Å².